The molecule has 0 saturated carbocycles. The Balaban J connectivity index is 2.02. The first kappa shape index (κ1) is 19.8. The van der Waals surface area contributed by atoms with Crippen LogP contribution in [0.4, 0.5) is 8.78 Å². The fourth-order valence-electron chi connectivity index (χ4n) is 2.58. The minimum atomic E-state index is -1.01. The van der Waals surface area contributed by atoms with Gasteiger partial charge in [0, 0.05) is 16.7 Å². The van der Waals surface area contributed by atoms with E-state index in [0.717, 1.165) is 0 Å². The average Bonchev–Trinajstić information content (AvgIpc) is 2.71. The molecule has 0 bridgehead atoms. The molecule has 3 rings (SSSR count). The van der Waals surface area contributed by atoms with Crippen LogP contribution in [0.1, 0.15) is 27.0 Å². The van der Waals surface area contributed by atoms with Crippen LogP contribution in [-0.2, 0) is 0 Å². The van der Waals surface area contributed by atoms with Crippen LogP contribution in [0.2, 0.25) is 0 Å². The zero-order chi connectivity index (χ0) is 21.1. The highest BCUT2D eigenvalue weighted by atomic mass is 19.1. The number of pyridine rings is 1. The van der Waals surface area contributed by atoms with E-state index < -0.39 is 29.3 Å². The third-order valence-electron chi connectivity index (χ3n) is 4.17. The van der Waals surface area contributed by atoms with Gasteiger partial charge in [-0.05, 0) is 44.2 Å². The van der Waals surface area contributed by atoms with Crippen molar-refractivity contribution < 1.29 is 23.0 Å². The number of nitriles is 1. The van der Waals surface area contributed by atoms with Crippen molar-refractivity contribution in [2.45, 2.75) is 13.8 Å². The number of amides is 1. The predicted octanol–water partition coefficient (Wildman–Crippen LogP) is 4.53. The van der Waals surface area contributed by atoms with E-state index in [1.54, 1.807) is 19.1 Å². The summed E-state index contributed by atoms with van der Waals surface area (Å²) in [5.74, 6) is -3.43. The number of benzene rings is 2. The van der Waals surface area contributed by atoms with Gasteiger partial charge in [0.05, 0.1) is 11.6 Å². The minimum Gasteiger partial charge on any atom is -0.436 e. The maximum atomic E-state index is 14.6. The molecule has 1 heterocycles. The zero-order valence-corrected chi connectivity index (χ0v) is 15.5. The van der Waals surface area contributed by atoms with Crippen LogP contribution in [0.3, 0.4) is 0 Å². The molecule has 1 amide bonds. The molecule has 3 aromatic rings. The molecule has 6 nitrogen and oxygen atoms in total. The van der Waals surface area contributed by atoms with Gasteiger partial charge in [0.2, 0.25) is 5.91 Å². The van der Waals surface area contributed by atoms with Gasteiger partial charge >= 0.3 is 0 Å². The Morgan fingerprint density at radius 1 is 1.03 bits per heavy atom. The first-order chi connectivity index (χ1) is 13.8. The number of hydrogen-bond acceptors (Lipinski definition) is 5. The number of carbonyl (C=O) groups is 1. The third-order valence-corrected chi connectivity index (χ3v) is 4.17. The van der Waals surface area contributed by atoms with Crippen molar-refractivity contribution in [3.05, 3.63) is 76.4 Å². The molecule has 0 saturated heterocycles. The van der Waals surface area contributed by atoms with Crippen LogP contribution in [0.5, 0.6) is 23.3 Å². The number of nitrogens with zero attached hydrogens (tertiary/aromatic N) is 2. The molecule has 8 heteroatoms. The van der Waals surface area contributed by atoms with Crippen molar-refractivity contribution in [2.75, 3.05) is 0 Å². The minimum absolute atomic E-state index is 0.135. The van der Waals surface area contributed by atoms with Crippen molar-refractivity contribution in [3.8, 4) is 29.3 Å². The van der Waals surface area contributed by atoms with Crippen molar-refractivity contribution >= 4 is 5.91 Å². The maximum Gasteiger partial charge on any atom is 0.259 e. The Hall–Kier alpha value is -3.99. The van der Waals surface area contributed by atoms with Gasteiger partial charge in [-0.15, -0.1) is 0 Å². The van der Waals surface area contributed by atoms with E-state index in [1.807, 2.05) is 6.07 Å². The molecule has 0 radical (unpaired) electrons. The largest absolute Gasteiger partial charge is 0.436 e. The number of rotatable bonds is 5. The Bertz CT molecular complexity index is 1160. The van der Waals surface area contributed by atoms with Crippen LogP contribution < -0.4 is 15.2 Å². The lowest BCUT2D eigenvalue weighted by Crippen LogP contribution is -2.13. The molecule has 0 aliphatic carbocycles. The summed E-state index contributed by atoms with van der Waals surface area (Å²) >= 11 is 0. The molecule has 0 spiro atoms. The van der Waals surface area contributed by atoms with E-state index in [2.05, 4.69) is 4.98 Å². The van der Waals surface area contributed by atoms with E-state index >= 15 is 0 Å². The molecule has 0 unspecified atom stereocenters. The van der Waals surface area contributed by atoms with Crippen LogP contribution in [0.15, 0.2) is 42.5 Å². The first-order valence-corrected chi connectivity index (χ1v) is 8.42. The van der Waals surface area contributed by atoms with E-state index in [1.165, 1.54) is 37.3 Å². The van der Waals surface area contributed by atoms with Gasteiger partial charge in [0.15, 0.2) is 11.6 Å². The maximum absolute atomic E-state index is 14.6. The number of nitrogens with two attached hydrogens (primary N) is 1. The first-order valence-electron chi connectivity index (χ1n) is 8.42. The van der Waals surface area contributed by atoms with Gasteiger partial charge in [0.25, 0.3) is 11.8 Å². The lowest BCUT2D eigenvalue weighted by atomic mass is 10.1. The molecule has 0 atom stereocenters. The predicted molar refractivity (Wildman–Crippen MR) is 99.9 cm³/mol. The Morgan fingerprint density at radius 2 is 1.69 bits per heavy atom. The number of aromatic nitrogens is 1. The second-order valence-electron chi connectivity index (χ2n) is 6.11. The molecular formula is C21H15F2N3O3. The molecule has 1 aromatic heterocycles. The number of halogens is 2. The summed E-state index contributed by atoms with van der Waals surface area (Å²) in [7, 11) is 0. The highest BCUT2D eigenvalue weighted by Crippen LogP contribution is 2.34. The summed E-state index contributed by atoms with van der Waals surface area (Å²) in [6, 6.07) is 12.4. The fraction of sp³-hybridized carbons (Fsp3) is 0.0952. The smallest absolute Gasteiger partial charge is 0.259 e. The van der Waals surface area contributed by atoms with Crippen molar-refractivity contribution in [2.24, 2.45) is 5.73 Å². The number of ether oxygens (including phenoxy) is 2. The second-order valence-corrected chi connectivity index (χ2v) is 6.11. The normalized spacial score (nSPS) is 10.3. The fourth-order valence-corrected chi connectivity index (χ4v) is 2.58. The number of hydrogen-bond donors (Lipinski definition) is 1. The van der Waals surface area contributed by atoms with Crippen LogP contribution in [-0.4, -0.2) is 10.9 Å². The topological polar surface area (TPSA) is 98.2 Å². The summed E-state index contributed by atoms with van der Waals surface area (Å²) in [5.41, 5.74) is 5.84. The summed E-state index contributed by atoms with van der Waals surface area (Å²) in [6.45, 7) is 2.79. The van der Waals surface area contributed by atoms with Crippen LogP contribution >= 0.6 is 0 Å². The highest BCUT2D eigenvalue weighted by Gasteiger charge is 2.22. The van der Waals surface area contributed by atoms with E-state index in [9.17, 15) is 13.6 Å². The lowest BCUT2D eigenvalue weighted by molar-refractivity contribution is 0.0999. The molecule has 2 N–H and O–H groups in total. The number of carbonyl (C=O) groups excluding carboxylic acids is 1. The highest BCUT2D eigenvalue weighted by molar-refractivity contribution is 5.94. The van der Waals surface area contributed by atoms with Gasteiger partial charge < -0.3 is 15.2 Å². The van der Waals surface area contributed by atoms with Gasteiger partial charge in [-0.25, -0.2) is 8.78 Å². The van der Waals surface area contributed by atoms with Gasteiger partial charge in [-0.1, -0.05) is 12.1 Å². The Morgan fingerprint density at radius 3 is 2.34 bits per heavy atom. The molecular weight excluding hydrogens is 380 g/mol. The van der Waals surface area contributed by atoms with E-state index in [0.29, 0.717) is 11.1 Å². The van der Waals surface area contributed by atoms with Gasteiger partial charge in [-0.3, -0.25) is 4.79 Å². The lowest BCUT2D eigenvalue weighted by Gasteiger charge is -2.14. The molecule has 2 aromatic carbocycles. The zero-order valence-electron chi connectivity index (χ0n) is 15.5. The third kappa shape index (κ3) is 3.99. The van der Waals surface area contributed by atoms with E-state index in [4.69, 9.17) is 20.5 Å². The quantitative estimate of drug-likeness (QED) is 0.684. The van der Waals surface area contributed by atoms with Crippen molar-refractivity contribution in [1.29, 1.82) is 5.26 Å². The molecule has 0 aliphatic heterocycles. The molecule has 0 aliphatic rings. The van der Waals surface area contributed by atoms with Gasteiger partial charge in [-0.2, -0.15) is 10.2 Å². The molecule has 146 valence electrons. The number of primary amides is 1. The summed E-state index contributed by atoms with van der Waals surface area (Å²) in [6.07, 6.45) is 0. The SMILES string of the molecule is Cc1c(Oc2nc(Oc3cccc(C#N)c3)c(F)c(C)c2F)cccc1C(N)=O. The van der Waals surface area contributed by atoms with E-state index in [-0.39, 0.29) is 22.6 Å². The second kappa shape index (κ2) is 7.94. The standard InChI is InChI=1S/C21H15F2N3O3/c1-11-15(19(25)27)7-4-8-16(11)29-21-18(23)12(2)17(22)20(26-21)28-14-6-3-5-13(9-14)10-24/h3-9H,1-2H3,(H2,25,27). The summed E-state index contributed by atoms with van der Waals surface area (Å²) in [5, 5.41) is 8.96. The Kier molecular flexibility index (Phi) is 5.41. The molecule has 29 heavy (non-hydrogen) atoms. The molecule has 0 fully saturated rings. The average molecular weight is 395 g/mol. The Labute approximate surface area is 165 Å². The van der Waals surface area contributed by atoms with Crippen molar-refractivity contribution in [3.63, 3.8) is 0 Å². The summed E-state index contributed by atoms with van der Waals surface area (Å²) in [4.78, 5) is 15.3. The van der Waals surface area contributed by atoms with Gasteiger partial charge in [0.1, 0.15) is 11.5 Å². The summed E-state index contributed by atoms with van der Waals surface area (Å²) < 4.78 is 39.9. The van der Waals surface area contributed by atoms with Crippen LogP contribution in [0.25, 0.3) is 0 Å². The monoisotopic (exact) mass is 395 g/mol. The van der Waals surface area contributed by atoms with Crippen molar-refractivity contribution in [1.82, 2.24) is 4.98 Å². The van der Waals surface area contributed by atoms with Crippen LogP contribution in [0, 0.1) is 36.8 Å².